The van der Waals surface area contributed by atoms with Gasteiger partial charge in [-0.25, -0.2) is 4.98 Å². The monoisotopic (exact) mass is 238 g/mol. The molecule has 0 spiro atoms. The van der Waals surface area contributed by atoms with Crippen molar-refractivity contribution >= 4 is 0 Å². The molecule has 2 N–H and O–H groups in total. The number of aromatic nitrogens is 3. The Kier molecular flexibility index (Phi) is 7.63. The highest BCUT2D eigenvalue weighted by molar-refractivity contribution is 4.81. The van der Waals surface area contributed by atoms with E-state index in [1.54, 1.807) is 6.33 Å². The number of nitrogens with one attached hydrogen (secondary N) is 2. The third-order valence-corrected chi connectivity index (χ3v) is 3.06. The molecule has 4 nitrogen and oxygen atoms in total. The lowest BCUT2D eigenvalue weighted by Gasteiger charge is -2.12. The van der Waals surface area contributed by atoms with Gasteiger partial charge in [-0.05, 0) is 13.3 Å². The first kappa shape index (κ1) is 14.2. The van der Waals surface area contributed by atoms with Crippen LogP contribution in [0.2, 0.25) is 0 Å². The Morgan fingerprint density at radius 3 is 2.82 bits per heavy atom. The summed E-state index contributed by atoms with van der Waals surface area (Å²) in [5, 5.41) is 10.2. The first-order valence-corrected chi connectivity index (χ1v) is 6.90. The fraction of sp³-hybridized carbons (Fsp3) is 0.846. The number of nitrogens with zero attached hydrogens (tertiary/aromatic N) is 2. The predicted molar refractivity (Wildman–Crippen MR) is 70.9 cm³/mol. The Hall–Kier alpha value is -0.900. The van der Waals surface area contributed by atoms with E-state index in [0.717, 1.165) is 18.8 Å². The lowest BCUT2D eigenvalue weighted by Crippen LogP contribution is -2.28. The minimum atomic E-state index is 0.611. The van der Waals surface area contributed by atoms with Crippen LogP contribution in [0.5, 0.6) is 0 Å². The first-order valence-electron chi connectivity index (χ1n) is 6.90. The van der Waals surface area contributed by atoms with Crippen molar-refractivity contribution < 1.29 is 0 Å². The molecule has 1 unspecified atom stereocenters. The summed E-state index contributed by atoms with van der Waals surface area (Å²) in [5.74, 6) is 0.965. The van der Waals surface area contributed by atoms with E-state index in [0.29, 0.717) is 6.04 Å². The molecule has 1 atom stereocenters. The van der Waals surface area contributed by atoms with Gasteiger partial charge in [0.2, 0.25) is 0 Å². The Labute approximate surface area is 105 Å². The van der Waals surface area contributed by atoms with Gasteiger partial charge in [0.1, 0.15) is 12.2 Å². The second kappa shape index (κ2) is 9.16. The number of hydrogen-bond donors (Lipinski definition) is 2. The van der Waals surface area contributed by atoms with Crippen LogP contribution in [-0.4, -0.2) is 27.8 Å². The smallest absolute Gasteiger partial charge is 0.137 e. The van der Waals surface area contributed by atoms with Gasteiger partial charge in [-0.3, -0.25) is 5.10 Å². The zero-order valence-corrected chi connectivity index (χ0v) is 11.2. The van der Waals surface area contributed by atoms with Gasteiger partial charge in [-0.2, -0.15) is 5.10 Å². The maximum absolute atomic E-state index is 4.10. The molecule has 1 rings (SSSR count). The van der Waals surface area contributed by atoms with E-state index >= 15 is 0 Å². The summed E-state index contributed by atoms with van der Waals surface area (Å²) < 4.78 is 0. The highest BCUT2D eigenvalue weighted by atomic mass is 15.2. The van der Waals surface area contributed by atoms with Gasteiger partial charge in [0, 0.05) is 19.0 Å². The van der Waals surface area contributed by atoms with Crippen LogP contribution in [0.25, 0.3) is 0 Å². The summed E-state index contributed by atoms with van der Waals surface area (Å²) in [6, 6.07) is 0.611. The third-order valence-electron chi connectivity index (χ3n) is 3.06. The van der Waals surface area contributed by atoms with Crippen molar-refractivity contribution in [2.24, 2.45) is 0 Å². The molecule has 0 aliphatic rings. The van der Waals surface area contributed by atoms with Gasteiger partial charge in [0.05, 0.1) is 0 Å². The molecule has 0 fully saturated rings. The summed E-state index contributed by atoms with van der Waals surface area (Å²) in [6.07, 6.45) is 10.6. The zero-order chi connectivity index (χ0) is 12.3. The van der Waals surface area contributed by atoms with E-state index in [2.05, 4.69) is 34.3 Å². The van der Waals surface area contributed by atoms with E-state index in [9.17, 15) is 0 Å². The molecule has 0 radical (unpaired) electrons. The molecule has 0 aliphatic carbocycles. The standard InChI is InChI=1S/C13H26N4/c1-3-4-5-6-7-8-12(2)14-10-9-13-15-11-16-17-13/h11-12,14H,3-10H2,1-2H3,(H,15,16,17). The molecule has 0 amide bonds. The average Bonchev–Trinajstić information content (AvgIpc) is 2.82. The van der Waals surface area contributed by atoms with Crippen molar-refractivity contribution in [3.8, 4) is 0 Å². The number of H-pyrrole nitrogens is 1. The number of hydrogen-bond acceptors (Lipinski definition) is 3. The summed E-state index contributed by atoms with van der Waals surface area (Å²) in [7, 11) is 0. The summed E-state index contributed by atoms with van der Waals surface area (Å²) >= 11 is 0. The SMILES string of the molecule is CCCCCCCC(C)NCCc1ncn[nH]1. The summed E-state index contributed by atoms with van der Waals surface area (Å²) in [5.41, 5.74) is 0. The molecule has 1 heterocycles. The Bertz CT molecular complexity index is 258. The molecule has 0 aromatic carbocycles. The molecule has 0 saturated carbocycles. The molecule has 1 aromatic rings. The predicted octanol–water partition coefficient (Wildman–Crippen LogP) is 2.69. The molecule has 0 bridgehead atoms. The molecule has 98 valence electrons. The van der Waals surface area contributed by atoms with E-state index in [1.165, 1.54) is 38.5 Å². The van der Waals surface area contributed by atoms with Crippen molar-refractivity contribution in [2.45, 2.75) is 64.8 Å². The van der Waals surface area contributed by atoms with E-state index < -0.39 is 0 Å². The second-order valence-corrected chi connectivity index (χ2v) is 4.74. The normalized spacial score (nSPS) is 12.8. The topological polar surface area (TPSA) is 53.6 Å². The van der Waals surface area contributed by atoms with E-state index in [4.69, 9.17) is 0 Å². The number of rotatable bonds is 10. The van der Waals surface area contributed by atoms with Crippen LogP contribution in [0.15, 0.2) is 6.33 Å². The van der Waals surface area contributed by atoms with Crippen LogP contribution in [0, 0.1) is 0 Å². The lowest BCUT2D eigenvalue weighted by molar-refractivity contribution is 0.481. The van der Waals surface area contributed by atoms with E-state index in [-0.39, 0.29) is 0 Å². The van der Waals surface area contributed by atoms with Crippen LogP contribution in [0.3, 0.4) is 0 Å². The van der Waals surface area contributed by atoms with Crippen LogP contribution >= 0.6 is 0 Å². The highest BCUT2D eigenvalue weighted by Crippen LogP contribution is 2.06. The molecular weight excluding hydrogens is 212 g/mol. The summed E-state index contributed by atoms with van der Waals surface area (Å²) in [6.45, 7) is 5.50. The molecule has 0 aliphatic heterocycles. The molecule has 0 saturated heterocycles. The first-order chi connectivity index (χ1) is 8.33. The van der Waals surface area contributed by atoms with Crippen LogP contribution in [-0.2, 0) is 6.42 Å². The minimum absolute atomic E-state index is 0.611. The Balaban J connectivity index is 1.92. The van der Waals surface area contributed by atoms with Gasteiger partial charge < -0.3 is 5.32 Å². The fourth-order valence-electron chi connectivity index (χ4n) is 1.94. The minimum Gasteiger partial charge on any atom is -0.314 e. The fourth-order valence-corrected chi connectivity index (χ4v) is 1.94. The molecule has 4 heteroatoms. The van der Waals surface area contributed by atoms with Crippen molar-refractivity contribution in [2.75, 3.05) is 6.54 Å². The third kappa shape index (κ3) is 7.10. The largest absolute Gasteiger partial charge is 0.314 e. The molecular formula is C13H26N4. The molecule has 1 aromatic heterocycles. The number of aromatic amines is 1. The van der Waals surface area contributed by atoms with Crippen LogP contribution in [0.4, 0.5) is 0 Å². The number of unbranched alkanes of at least 4 members (excludes halogenated alkanes) is 4. The summed E-state index contributed by atoms with van der Waals surface area (Å²) in [4.78, 5) is 4.10. The molecule has 17 heavy (non-hydrogen) atoms. The van der Waals surface area contributed by atoms with Gasteiger partial charge in [0.15, 0.2) is 0 Å². The maximum Gasteiger partial charge on any atom is 0.137 e. The van der Waals surface area contributed by atoms with Crippen LogP contribution < -0.4 is 5.32 Å². The quantitative estimate of drug-likeness (QED) is 0.616. The van der Waals surface area contributed by atoms with Gasteiger partial charge in [-0.15, -0.1) is 0 Å². The van der Waals surface area contributed by atoms with Crippen molar-refractivity contribution in [3.63, 3.8) is 0 Å². The van der Waals surface area contributed by atoms with Gasteiger partial charge in [0.25, 0.3) is 0 Å². The average molecular weight is 238 g/mol. The Morgan fingerprint density at radius 2 is 2.12 bits per heavy atom. The maximum atomic E-state index is 4.10. The highest BCUT2D eigenvalue weighted by Gasteiger charge is 2.01. The zero-order valence-electron chi connectivity index (χ0n) is 11.2. The van der Waals surface area contributed by atoms with Crippen LogP contribution in [0.1, 0.15) is 58.2 Å². The van der Waals surface area contributed by atoms with Crippen molar-refractivity contribution in [1.29, 1.82) is 0 Å². The van der Waals surface area contributed by atoms with E-state index in [1.807, 2.05) is 0 Å². The lowest BCUT2D eigenvalue weighted by atomic mass is 10.1. The second-order valence-electron chi connectivity index (χ2n) is 4.74. The van der Waals surface area contributed by atoms with Crippen molar-refractivity contribution in [3.05, 3.63) is 12.2 Å². The van der Waals surface area contributed by atoms with Gasteiger partial charge in [-0.1, -0.05) is 39.0 Å². The van der Waals surface area contributed by atoms with Crippen molar-refractivity contribution in [1.82, 2.24) is 20.5 Å². The van der Waals surface area contributed by atoms with Gasteiger partial charge >= 0.3 is 0 Å². The Morgan fingerprint density at radius 1 is 1.29 bits per heavy atom.